The van der Waals surface area contributed by atoms with Gasteiger partial charge in [0.1, 0.15) is 0 Å². The summed E-state index contributed by atoms with van der Waals surface area (Å²) in [4.78, 5) is 0. The Morgan fingerprint density at radius 1 is 1.31 bits per heavy atom. The van der Waals surface area contributed by atoms with E-state index in [-0.39, 0.29) is 11.3 Å². The largest absolute Gasteiger partial charge is 0.388 e. The Hall–Kier alpha value is -0.610. The Kier molecular flexibility index (Phi) is 5.22. The third kappa shape index (κ3) is 5.47. The second kappa shape index (κ2) is 6.21. The molecule has 0 spiro atoms. The van der Waals surface area contributed by atoms with Crippen molar-refractivity contribution in [1.82, 2.24) is 0 Å². The van der Waals surface area contributed by atoms with Gasteiger partial charge in [-0.2, -0.15) is 0 Å². The molecule has 1 aliphatic rings. The molecule has 0 aromatic heterocycles. The van der Waals surface area contributed by atoms with Gasteiger partial charge in [-0.1, -0.05) is 13.8 Å². The maximum atomic E-state index is 7.28. The third-order valence-electron chi connectivity index (χ3n) is 2.75. The quantitative estimate of drug-likeness (QED) is 0.359. The van der Waals surface area contributed by atoms with Gasteiger partial charge >= 0.3 is 0 Å². The van der Waals surface area contributed by atoms with Crippen molar-refractivity contribution in [2.75, 3.05) is 26.4 Å². The van der Waals surface area contributed by atoms with E-state index in [4.69, 9.17) is 20.6 Å². The molecular formula is C12H24N2O2. The number of hydrogen-bond acceptors (Lipinski definition) is 3. The van der Waals surface area contributed by atoms with Crippen LogP contribution in [0.4, 0.5) is 0 Å². The predicted octanol–water partition coefficient (Wildman–Crippen LogP) is 1.78. The van der Waals surface area contributed by atoms with Crippen LogP contribution in [0.2, 0.25) is 0 Å². The lowest BCUT2D eigenvalue weighted by Crippen LogP contribution is -2.21. The molecule has 0 bridgehead atoms. The number of ether oxygens (including phenoxy) is 2. The third-order valence-corrected chi connectivity index (χ3v) is 2.75. The van der Waals surface area contributed by atoms with Crippen LogP contribution in [0.1, 0.15) is 33.1 Å². The lowest BCUT2D eigenvalue weighted by Gasteiger charge is -2.14. The average Bonchev–Trinajstić information content (AvgIpc) is 2.90. The Bertz CT molecular complexity index is 225. The van der Waals surface area contributed by atoms with Crippen molar-refractivity contribution in [3.63, 3.8) is 0 Å². The molecule has 1 saturated carbocycles. The van der Waals surface area contributed by atoms with Gasteiger partial charge in [0, 0.05) is 18.4 Å². The molecule has 1 rings (SSSR count). The number of hydrogen-bond donors (Lipinski definition) is 2. The Morgan fingerprint density at radius 3 is 2.44 bits per heavy atom. The molecule has 0 aromatic carbocycles. The highest BCUT2D eigenvalue weighted by atomic mass is 16.5. The van der Waals surface area contributed by atoms with Gasteiger partial charge in [0.2, 0.25) is 0 Å². The van der Waals surface area contributed by atoms with E-state index >= 15 is 0 Å². The van der Waals surface area contributed by atoms with Crippen LogP contribution >= 0.6 is 0 Å². The summed E-state index contributed by atoms with van der Waals surface area (Å²) in [6.07, 6.45) is 2.96. The summed E-state index contributed by atoms with van der Waals surface area (Å²) in [6.45, 7) is 7.08. The van der Waals surface area contributed by atoms with Crippen LogP contribution in [0.25, 0.3) is 0 Å². The Morgan fingerprint density at radius 2 is 1.94 bits per heavy atom. The molecule has 0 amide bonds. The number of rotatable bonds is 9. The van der Waals surface area contributed by atoms with Crippen molar-refractivity contribution < 1.29 is 9.47 Å². The topological polar surface area (TPSA) is 68.3 Å². The molecule has 0 heterocycles. The van der Waals surface area contributed by atoms with Crippen molar-refractivity contribution in [3.05, 3.63) is 0 Å². The molecule has 16 heavy (non-hydrogen) atoms. The molecule has 4 nitrogen and oxygen atoms in total. The standard InChI is InChI=1S/C12H24N2O2/c1-10(2)8-15-5-6-16-9-12(3-4-12)7-11(13)14/h10H,3-9H2,1-2H3,(H3,13,14). The zero-order valence-corrected chi connectivity index (χ0v) is 10.4. The molecule has 1 fully saturated rings. The van der Waals surface area contributed by atoms with E-state index in [1.165, 1.54) is 0 Å². The molecule has 3 N–H and O–H groups in total. The van der Waals surface area contributed by atoms with Gasteiger partial charge in [0.05, 0.1) is 25.7 Å². The van der Waals surface area contributed by atoms with Crippen molar-refractivity contribution in [2.24, 2.45) is 17.1 Å². The van der Waals surface area contributed by atoms with Gasteiger partial charge in [-0.3, -0.25) is 5.41 Å². The van der Waals surface area contributed by atoms with E-state index in [1.807, 2.05) is 0 Å². The minimum atomic E-state index is 0.184. The summed E-state index contributed by atoms with van der Waals surface area (Å²) in [5, 5.41) is 7.28. The van der Waals surface area contributed by atoms with Crippen LogP contribution in [0.15, 0.2) is 0 Å². The minimum absolute atomic E-state index is 0.184. The van der Waals surface area contributed by atoms with Crippen molar-refractivity contribution in [2.45, 2.75) is 33.1 Å². The fraction of sp³-hybridized carbons (Fsp3) is 0.917. The number of amidine groups is 1. The van der Waals surface area contributed by atoms with Gasteiger partial charge in [-0.25, -0.2) is 0 Å². The van der Waals surface area contributed by atoms with E-state index in [0.29, 0.717) is 25.6 Å². The normalized spacial score (nSPS) is 17.7. The Labute approximate surface area is 98.0 Å². The van der Waals surface area contributed by atoms with Gasteiger partial charge in [-0.15, -0.1) is 0 Å². The Balaban J connectivity index is 1.97. The summed E-state index contributed by atoms with van der Waals surface area (Å²) >= 11 is 0. The van der Waals surface area contributed by atoms with Crippen LogP contribution in [0.5, 0.6) is 0 Å². The molecule has 94 valence electrons. The molecular weight excluding hydrogens is 204 g/mol. The van der Waals surface area contributed by atoms with E-state index in [2.05, 4.69) is 13.8 Å². The van der Waals surface area contributed by atoms with Gasteiger partial charge in [0.25, 0.3) is 0 Å². The van der Waals surface area contributed by atoms with Gasteiger partial charge in [-0.05, 0) is 18.8 Å². The number of nitrogens with one attached hydrogen (secondary N) is 1. The van der Waals surface area contributed by atoms with Gasteiger partial charge in [0.15, 0.2) is 0 Å². The van der Waals surface area contributed by atoms with Gasteiger partial charge < -0.3 is 15.2 Å². The summed E-state index contributed by atoms with van der Waals surface area (Å²) in [7, 11) is 0. The lowest BCUT2D eigenvalue weighted by atomic mass is 10.0. The second-order valence-electron chi connectivity index (χ2n) is 5.22. The monoisotopic (exact) mass is 228 g/mol. The van der Waals surface area contributed by atoms with Crippen molar-refractivity contribution >= 4 is 5.84 Å². The molecule has 0 unspecified atom stereocenters. The average molecular weight is 228 g/mol. The number of nitrogens with two attached hydrogens (primary N) is 1. The summed E-state index contributed by atoms with van der Waals surface area (Å²) in [5.74, 6) is 0.852. The van der Waals surface area contributed by atoms with Crippen molar-refractivity contribution in [1.29, 1.82) is 5.41 Å². The first kappa shape index (κ1) is 13.5. The van der Waals surface area contributed by atoms with Crippen molar-refractivity contribution in [3.8, 4) is 0 Å². The fourth-order valence-electron chi connectivity index (χ4n) is 1.68. The van der Waals surface area contributed by atoms with Crippen LogP contribution in [0, 0.1) is 16.7 Å². The van der Waals surface area contributed by atoms with Crippen LogP contribution in [-0.2, 0) is 9.47 Å². The molecule has 0 saturated heterocycles. The van der Waals surface area contributed by atoms with E-state index in [9.17, 15) is 0 Å². The maximum Gasteiger partial charge on any atom is 0.0911 e. The van der Waals surface area contributed by atoms with E-state index in [1.54, 1.807) is 0 Å². The van der Waals surface area contributed by atoms with Crippen LogP contribution in [0.3, 0.4) is 0 Å². The minimum Gasteiger partial charge on any atom is -0.388 e. The molecule has 0 atom stereocenters. The van der Waals surface area contributed by atoms with E-state index in [0.717, 1.165) is 26.1 Å². The molecule has 1 aliphatic carbocycles. The highest BCUT2D eigenvalue weighted by Gasteiger charge is 2.43. The highest BCUT2D eigenvalue weighted by molar-refractivity contribution is 5.78. The molecule has 0 aromatic rings. The SMILES string of the molecule is CC(C)COCCOCC1(CC(=N)N)CC1. The summed E-state index contributed by atoms with van der Waals surface area (Å²) < 4.78 is 11.0. The smallest absolute Gasteiger partial charge is 0.0911 e. The molecule has 0 aliphatic heterocycles. The maximum absolute atomic E-state index is 7.28. The molecule has 4 heteroatoms. The first-order valence-corrected chi connectivity index (χ1v) is 6.02. The first-order valence-electron chi connectivity index (χ1n) is 6.02. The highest BCUT2D eigenvalue weighted by Crippen LogP contribution is 2.48. The zero-order chi connectivity index (χ0) is 12.0. The van der Waals surface area contributed by atoms with Crippen LogP contribution in [-0.4, -0.2) is 32.3 Å². The van der Waals surface area contributed by atoms with E-state index < -0.39 is 0 Å². The fourth-order valence-corrected chi connectivity index (χ4v) is 1.68. The predicted molar refractivity (Wildman–Crippen MR) is 64.7 cm³/mol. The first-order chi connectivity index (χ1) is 7.54. The zero-order valence-electron chi connectivity index (χ0n) is 10.4. The lowest BCUT2D eigenvalue weighted by molar-refractivity contribution is 0.0223. The molecule has 0 radical (unpaired) electrons. The second-order valence-corrected chi connectivity index (χ2v) is 5.22. The summed E-state index contributed by atoms with van der Waals surface area (Å²) in [6, 6.07) is 0. The van der Waals surface area contributed by atoms with Crippen LogP contribution < -0.4 is 5.73 Å². The summed E-state index contributed by atoms with van der Waals surface area (Å²) in [5.41, 5.74) is 5.59.